The van der Waals surface area contributed by atoms with Crippen molar-refractivity contribution in [3.05, 3.63) is 199 Å². The fraction of sp³-hybridized carbons (Fsp3) is 0.295. The zero-order valence-electron chi connectivity index (χ0n) is 46.3. The van der Waals surface area contributed by atoms with Crippen LogP contribution in [0.2, 0.25) is 0 Å². The van der Waals surface area contributed by atoms with Crippen LogP contribution in [-0.2, 0) is 37.9 Å². The number of aliphatic hydroxyl groups is 2. The predicted molar refractivity (Wildman–Crippen MR) is 316 cm³/mol. The number of rotatable bonds is 25. The van der Waals surface area contributed by atoms with Crippen LogP contribution in [0.4, 0.5) is 17.1 Å². The molecule has 6 N–H and O–H groups in total. The van der Waals surface area contributed by atoms with Crippen LogP contribution in [0.3, 0.4) is 0 Å². The summed E-state index contributed by atoms with van der Waals surface area (Å²) in [6.07, 6.45) is 7.62. The number of aliphatic hydroxyl groups excluding tert-OH is 2. The second-order valence-electron chi connectivity index (χ2n) is 20.9. The maximum Gasteiger partial charge on any atom is 0.338 e. The van der Waals surface area contributed by atoms with Crippen LogP contribution in [0.25, 0.3) is 22.5 Å². The Kier molecular flexibility index (Phi) is 20.3. The lowest BCUT2D eigenvalue weighted by atomic mass is 9.99. The topological polar surface area (TPSA) is 222 Å². The molecule has 2 unspecified atom stereocenters. The molecule has 0 saturated carbocycles. The quantitative estimate of drug-likeness (QED) is 0.0294. The van der Waals surface area contributed by atoms with Crippen molar-refractivity contribution in [2.75, 3.05) is 48.1 Å². The van der Waals surface area contributed by atoms with Crippen molar-refractivity contribution in [1.82, 2.24) is 29.7 Å². The number of hydrogen-bond donors (Lipinski definition) is 6. The van der Waals surface area contributed by atoms with Gasteiger partial charge in [0.2, 0.25) is 0 Å². The van der Waals surface area contributed by atoms with Gasteiger partial charge >= 0.3 is 5.97 Å². The molecule has 0 spiro atoms. The molecule has 2 heterocycles. The molecule has 0 fully saturated rings. The third-order valence-corrected chi connectivity index (χ3v) is 16.1. The standard InChI is InChI=1S/C31H36N4O5S.C30H37N5O3S/c1-4-40-30(37)24-15-13-23(14-16-24)28-21-35(22-32-28)18-17-31(2,3)33-20-29(36)25-9-8-10-26(19-25)34-41(38,39)27-11-6-5-7-12-27;1-30(2,17-18-35-21-28(31-22-35)23-13-15-26(16-14-23)34(3)4)32-20-29(36)24-9-8-10-25(19-24)33-39(37,38)27-11-6-5-7-12-27/h5-16,19,21-22,29,33-34,36H,4,17-18,20H2,1-3H3;5-16,19,21-22,29,32-33,36H,17-18,20H2,1-4H3. The molecule has 80 heavy (non-hydrogen) atoms. The fourth-order valence-electron chi connectivity index (χ4n) is 8.41. The molecular formula is C61H73N9O8S2. The number of ether oxygens (including phenoxy) is 1. The van der Waals surface area contributed by atoms with Crippen molar-refractivity contribution >= 4 is 43.1 Å². The van der Waals surface area contributed by atoms with Gasteiger partial charge in [0.1, 0.15) is 0 Å². The minimum absolute atomic E-state index is 0.172. The first-order chi connectivity index (χ1) is 38.1. The van der Waals surface area contributed by atoms with Gasteiger partial charge in [-0.25, -0.2) is 31.6 Å². The number of sulfonamides is 2. The van der Waals surface area contributed by atoms with E-state index in [9.17, 15) is 31.8 Å². The van der Waals surface area contributed by atoms with Crippen LogP contribution < -0.4 is 25.0 Å². The Morgan fingerprint density at radius 2 is 1.00 bits per heavy atom. The average Bonchev–Trinajstić information content (AvgIpc) is 4.16. The molecule has 8 rings (SSSR count). The number of nitrogens with zero attached hydrogens (tertiary/aromatic N) is 5. The number of aryl methyl sites for hydroxylation is 2. The summed E-state index contributed by atoms with van der Waals surface area (Å²) in [4.78, 5) is 23.4. The van der Waals surface area contributed by atoms with E-state index in [1.54, 1.807) is 122 Å². The zero-order chi connectivity index (χ0) is 57.5. The Labute approximate surface area is 470 Å². The Bertz CT molecular complexity index is 3480. The summed E-state index contributed by atoms with van der Waals surface area (Å²) in [5, 5.41) is 28.5. The number of aromatic nitrogens is 4. The van der Waals surface area contributed by atoms with Crippen LogP contribution in [0.1, 0.15) is 81.2 Å². The predicted octanol–water partition coefficient (Wildman–Crippen LogP) is 9.93. The van der Waals surface area contributed by atoms with Crippen LogP contribution in [-0.4, -0.2) is 97.0 Å². The van der Waals surface area contributed by atoms with Crippen LogP contribution >= 0.6 is 0 Å². The first-order valence-electron chi connectivity index (χ1n) is 26.4. The number of carbonyl (C=O) groups is 1. The van der Waals surface area contributed by atoms with E-state index in [1.165, 1.54) is 12.1 Å². The molecule has 0 radical (unpaired) electrons. The molecule has 0 aliphatic heterocycles. The fourth-order valence-corrected chi connectivity index (χ4v) is 10.5. The summed E-state index contributed by atoms with van der Waals surface area (Å²) in [6, 6.07) is 45.5. The molecule has 2 aromatic heterocycles. The lowest BCUT2D eigenvalue weighted by molar-refractivity contribution is 0.0526. The minimum Gasteiger partial charge on any atom is -0.462 e. The Morgan fingerprint density at radius 3 is 1.40 bits per heavy atom. The maximum absolute atomic E-state index is 12.7. The van der Waals surface area contributed by atoms with Crippen LogP contribution in [0.15, 0.2) is 193 Å². The molecule has 0 aliphatic carbocycles. The van der Waals surface area contributed by atoms with Crippen molar-refractivity contribution in [1.29, 1.82) is 0 Å². The van der Waals surface area contributed by atoms with Crippen LogP contribution in [0.5, 0.6) is 0 Å². The highest BCUT2D eigenvalue weighted by molar-refractivity contribution is 7.93. The van der Waals surface area contributed by atoms with Gasteiger partial charge in [-0.2, -0.15) is 0 Å². The lowest BCUT2D eigenvalue weighted by Gasteiger charge is -2.28. The van der Waals surface area contributed by atoms with Crippen molar-refractivity contribution in [3.8, 4) is 22.5 Å². The highest BCUT2D eigenvalue weighted by Gasteiger charge is 2.23. The molecule has 0 amide bonds. The Balaban J connectivity index is 0.000000231. The molecule has 19 heteroatoms. The average molecular weight is 1120 g/mol. The smallest absolute Gasteiger partial charge is 0.338 e. The largest absolute Gasteiger partial charge is 0.462 e. The SMILES string of the molecule is CCOC(=O)c1ccc(-c2cn(CCC(C)(C)NCC(O)c3cccc(NS(=O)(=O)c4ccccc4)c3)cn2)cc1.CN(C)c1ccc(-c2cn(CCC(C)(C)NCC(O)c3cccc(NS(=O)(=O)c4ccccc4)c3)cn2)cc1. The monoisotopic (exact) mass is 1120 g/mol. The number of hydrogen-bond acceptors (Lipinski definition) is 13. The van der Waals surface area contributed by atoms with E-state index < -0.39 is 32.3 Å². The summed E-state index contributed by atoms with van der Waals surface area (Å²) >= 11 is 0. The molecule has 8 aromatic rings. The van der Waals surface area contributed by atoms with Crippen molar-refractivity contribution in [3.63, 3.8) is 0 Å². The normalized spacial score (nSPS) is 12.7. The minimum atomic E-state index is -3.72. The van der Waals surface area contributed by atoms with Crippen LogP contribution in [0, 0.1) is 0 Å². The van der Waals surface area contributed by atoms with Gasteiger partial charge in [0.25, 0.3) is 20.0 Å². The third-order valence-electron chi connectivity index (χ3n) is 13.3. The summed E-state index contributed by atoms with van der Waals surface area (Å²) in [7, 11) is -3.38. The zero-order valence-corrected chi connectivity index (χ0v) is 48.0. The lowest BCUT2D eigenvalue weighted by Crippen LogP contribution is -2.42. The van der Waals surface area contributed by atoms with E-state index in [0.717, 1.165) is 47.6 Å². The molecule has 6 aromatic carbocycles. The molecule has 2 atom stereocenters. The summed E-state index contributed by atoms with van der Waals surface area (Å²) in [5.74, 6) is -0.343. The second kappa shape index (κ2) is 27.0. The molecular weight excluding hydrogens is 1050 g/mol. The number of anilines is 3. The highest BCUT2D eigenvalue weighted by Crippen LogP contribution is 2.26. The van der Waals surface area contributed by atoms with Gasteiger partial charge in [0.15, 0.2) is 0 Å². The van der Waals surface area contributed by atoms with Crippen molar-refractivity contribution < 1.29 is 36.6 Å². The Hall–Kier alpha value is -7.65. The number of nitrogens with one attached hydrogen (secondary N) is 4. The Morgan fingerprint density at radius 1 is 0.588 bits per heavy atom. The van der Waals surface area contributed by atoms with Gasteiger partial charge < -0.3 is 39.6 Å². The van der Waals surface area contributed by atoms with Gasteiger partial charge in [-0.15, -0.1) is 0 Å². The van der Waals surface area contributed by atoms with E-state index in [2.05, 4.69) is 97.7 Å². The van der Waals surface area contributed by atoms with Crippen molar-refractivity contribution in [2.24, 2.45) is 0 Å². The van der Waals surface area contributed by atoms with E-state index >= 15 is 0 Å². The van der Waals surface area contributed by atoms with Gasteiger partial charge in [-0.3, -0.25) is 9.44 Å². The van der Waals surface area contributed by atoms with Gasteiger partial charge in [0, 0.05) is 91.9 Å². The molecule has 0 saturated heterocycles. The van der Waals surface area contributed by atoms with E-state index in [0.29, 0.717) is 54.3 Å². The summed E-state index contributed by atoms with van der Waals surface area (Å²) in [6.45, 7) is 12.5. The first kappa shape index (κ1) is 60.0. The highest BCUT2D eigenvalue weighted by atomic mass is 32.2. The summed E-state index contributed by atoms with van der Waals surface area (Å²) < 4.78 is 64.9. The van der Waals surface area contributed by atoms with E-state index in [1.807, 2.05) is 43.3 Å². The van der Waals surface area contributed by atoms with E-state index in [-0.39, 0.29) is 26.8 Å². The van der Waals surface area contributed by atoms with Gasteiger partial charge in [0.05, 0.1) is 58.2 Å². The second-order valence-corrected chi connectivity index (χ2v) is 24.2. The molecule has 422 valence electrons. The maximum atomic E-state index is 12.7. The van der Waals surface area contributed by atoms with E-state index in [4.69, 9.17) is 4.74 Å². The number of benzene rings is 6. The summed E-state index contributed by atoms with van der Waals surface area (Å²) in [5.41, 5.74) is 6.87. The number of carbonyl (C=O) groups excluding carboxylic acids is 1. The molecule has 0 bridgehead atoms. The molecule has 17 nitrogen and oxygen atoms in total. The molecule has 0 aliphatic rings. The number of β-amino-alcohol motifs (C(OH)–C–C–N with tert-alkyl or cyclic N) is 2. The third kappa shape index (κ3) is 17.4. The number of esters is 1. The first-order valence-corrected chi connectivity index (χ1v) is 29.4. The van der Waals surface area contributed by atoms with Gasteiger partial charge in [-0.05, 0) is 131 Å². The van der Waals surface area contributed by atoms with Crippen molar-refractivity contribution in [2.45, 2.75) is 93.6 Å². The number of imidazole rings is 2. The van der Waals surface area contributed by atoms with Gasteiger partial charge in [-0.1, -0.05) is 84.9 Å².